The van der Waals surface area contributed by atoms with E-state index in [1.807, 2.05) is 0 Å². The summed E-state index contributed by atoms with van der Waals surface area (Å²) < 4.78 is 55.5. The van der Waals surface area contributed by atoms with Crippen molar-refractivity contribution < 1.29 is 22.1 Å². The minimum Gasteiger partial charge on any atom is -0.337 e. The molecule has 4 nitrogen and oxygen atoms in total. The van der Waals surface area contributed by atoms with Crippen molar-refractivity contribution in [3.05, 3.63) is 41.8 Å². The minimum absolute atomic E-state index is 0.0836. The number of halogens is 4. The van der Waals surface area contributed by atoms with Gasteiger partial charge in [-0.15, -0.1) is 11.8 Å². The second kappa shape index (κ2) is 5.64. The quantitative estimate of drug-likeness (QED) is 0.692. The van der Waals surface area contributed by atoms with E-state index in [2.05, 4.69) is 14.7 Å². The fourth-order valence-corrected chi connectivity index (χ4v) is 2.07. The largest absolute Gasteiger partial charge is 0.415 e. The highest BCUT2D eigenvalue weighted by Gasteiger charge is 2.53. The first-order valence-electron chi connectivity index (χ1n) is 5.77. The van der Waals surface area contributed by atoms with Gasteiger partial charge >= 0.3 is 6.18 Å². The number of hydrogen-bond donors (Lipinski definition) is 1. The van der Waals surface area contributed by atoms with Gasteiger partial charge < -0.3 is 10.3 Å². The van der Waals surface area contributed by atoms with Crippen LogP contribution in [0.1, 0.15) is 18.6 Å². The number of hydrogen-bond acceptors (Lipinski definition) is 5. The molecule has 1 aromatic heterocycles. The zero-order valence-electron chi connectivity index (χ0n) is 10.8. The van der Waals surface area contributed by atoms with Gasteiger partial charge in [-0.25, -0.2) is 4.39 Å². The molecule has 1 aromatic carbocycles. The van der Waals surface area contributed by atoms with E-state index in [1.165, 1.54) is 23.9 Å². The zero-order chi connectivity index (χ0) is 15.7. The number of thioether (sulfide) groups is 1. The normalized spacial score (nSPS) is 15.0. The Balaban J connectivity index is 2.05. The highest BCUT2D eigenvalue weighted by Crippen LogP contribution is 2.35. The summed E-state index contributed by atoms with van der Waals surface area (Å²) in [6, 6.07) is 5.66. The highest BCUT2D eigenvalue weighted by atomic mass is 32.2. The van der Waals surface area contributed by atoms with Crippen molar-refractivity contribution in [1.82, 2.24) is 10.1 Å². The van der Waals surface area contributed by atoms with E-state index in [0.29, 0.717) is 0 Å². The Morgan fingerprint density at radius 3 is 2.43 bits per heavy atom. The van der Waals surface area contributed by atoms with Crippen LogP contribution >= 0.6 is 11.8 Å². The highest BCUT2D eigenvalue weighted by molar-refractivity contribution is 7.98. The van der Waals surface area contributed by atoms with Crippen molar-refractivity contribution in [2.24, 2.45) is 5.73 Å². The topological polar surface area (TPSA) is 64.9 Å². The molecular weight excluding hydrogens is 310 g/mol. The summed E-state index contributed by atoms with van der Waals surface area (Å²) in [5.41, 5.74) is 2.49. The van der Waals surface area contributed by atoms with Gasteiger partial charge in [-0.2, -0.15) is 18.2 Å². The maximum atomic E-state index is 12.7. The molecule has 0 aliphatic rings. The first-order chi connectivity index (χ1) is 9.70. The van der Waals surface area contributed by atoms with Gasteiger partial charge in [0.05, 0.1) is 5.75 Å². The monoisotopic (exact) mass is 321 g/mol. The molecule has 9 heteroatoms. The number of alkyl halides is 3. The average molecular weight is 321 g/mol. The summed E-state index contributed by atoms with van der Waals surface area (Å²) in [6.07, 6.45) is -4.69. The molecule has 0 saturated heterocycles. The Morgan fingerprint density at radius 2 is 1.86 bits per heavy atom. The van der Waals surface area contributed by atoms with Crippen LogP contribution in [-0.2, 0) is 11.3 Å². The first kappa shape index (κ1) is 15.8. The summed E-state index contributed by atoms with van der Waals surface area (Å²) in [7, 11) is 0. The van der Waals surface area contributed by atoms with Crippen molar-refractivity contribution in [2.75, 3.05) is 0 Å². The number of aromatic nitrogens is 2. The molecule has 1 unspecified atom stereocenters. The third-order valence-corrected chi connectivity index (χ3v) is 3.69. The van der Waals surface area contributed by atoms with Crippen LogP contribution < -0.4 is 5.73 Å². The van der Waals surface area contributed by atoms with E-state index in [1.54, 1.807) is 12.1 Å². The average Bonchev–Trinajstić information content (AvgIpc) is 2.86. The van der Waals surface area contributed by atoms with Crippen LogP contribution in [0.25, 0.3) is 0 Å². The summed E-state index contributed by atoms with van der Waals surface area (Å²) >= 11 is 1.24. The molecule has 0 saturated carbocycles. The lowest BCUT2D eigenvalue weighted by atomic mass is 10.0. The lowest BCUT2D eigenvalue weighted by molar-refractivity contribution is -0.190. The molecule has 0 fully saturated rings. The molecule has 0 spiro atoms. The van der Waals surface area contributed by atoms with Crippen molar-refractivity contribution in [1.29, 1.82) is 0 Å². The maximum absolute atomic E-state index is 12.7. The minimum atomic E-state index is -4.69. The lowest BCUT2D eigenvalue weighted by Gasteiger charge is -2.22. The predicted octanol–water partition coefficient (Wildman–Crippen LogP) is 3.24. The van der Waals surface area contributed by atoms with E-state index in [0.717, 1.165) is 11.8 Å². The van der Waals surface area contributed by atoms with Crippen molar-refractivity contribution in [2.45, 2.75) is 29.3 Å². The summed E-state index contributed by atoms with van der Waals surface area (Å²) in [5, 5.41) is 3.47. The third-order valence-electron chi connectivity index (χ3n) is 2.68. The number of rotatable bonds is 4. The van der Waals surface area contributed by atoms with Gasteiger partial charge in [-0.3, -0.25) is 0 Å². The molecular formula is C12H11F4N3OS. The summed E-state index contributed by atoms with van der Waals surface area (Å²) in [5.74, 6) is -0.793. The number of nitrogens with two attached hydrogens (primary N) is 1. The predicted molar refractivity (Wildman–Crippen MR) is 67.9 cm³/mol. The van der Waals surface area contributed by atoms with Gasteiger partial charge in [0, 0.05) is 4.90 Å². The molecule has 0 bridgehead atoms. The Morgan fingerprint density at radius 1 is 1.24 bits per heavy atom. The van der Waals surface area contributed by atoms with Gasteiger partial charge in [0.25, 0.3) is 5.89 Å². The number of benzene rings is 1. The van der Waals surface area contributed by atoms with Gasteiger partial charge in [-0.05, 0) is 31.2 Å². The first-order valence-corrected chi connectivity index (χ1v) is 6.76. The van der Waals surface area contributed by atoms with E-state index < -0.39 is 17.6 Å². The summed E-state index contributed by atoms with van der Waals surface area (Å²) in [4.78, 5) is 4.39. The van der Waals surface area contributed by atoms with Crippen LogP contribution in [0.15, 0.2) is 33.7 Å². The van der Waals surface area contributed by atoms with Gasteiger partial charge in [0.2, 0.25) is 0 Å². The molecule has 0 amide bonds. The van der Waals surface area contributed by atoms with E-state index in [-0.39, 0.29) is 17.4 Å². The molecule has 2 N–H and O–H groups in total. The molecule has 1 atom stereocenters. The van der Waals surface area contributed by atoms with Gasteiger partial charge in [0.1, 0.15) is 5.82 Å². The molecule has 1 heterocycles. The maximum Gasteiger partial charge on any atom is 0.415 e. The van der Waals surface area contributed by atoms with Crippen LogP contribution in [-0.4, -0.2) is 16.3 Å². The SMILES string of the molecule is CC(N)(c1nc(CSc2ccc(F)cc2)no1)C(F)(F)F. The molecule has 2 aromatic rings. The molecule has 0 aliphatic carbocycles. The molecule has 0 aliphatic heterocycles. The van der Waals surface area contributed by atoms with E-state index in [4.69, 9.17) is 5.73 Å². The Hall–Kier alpha value is -1.61. The number of nitrogens with zero attached hydrogens (tertiary/aromatic N) is 2. The fraction of sp³-hybridized carbons (Fsp3) is 0.333. The lowest BCUT2D eigenvalue weighted by Crippen LogP contribution is -2.48. The Labute approximate surface area is 121 Å². The Kier molecular flexibility index (Phi) is 4.24. The molecule has 2 rings (SSSR count). The van der Waals surface area contributed by atoms with Crippen LogP contribution in [0.2, 0.25) is 0 Å². The molecule has 114 valence electrons. The van der Waals surface area contributed by atoms with Crippen LogP contribution in [0.4, 0.5) is 17.6 Å². The molecule has 21 heavy (non-hydrogen) atoms. The van der Waals surface area contributed by atoms with Crippen molar-refractivity contribution in [3.8, 4) is 0 Å². The summed E-state index contributed by atoms with van der Waals surface area (Å²) in [6.45, 7) is 0.761. The zero-order valence-corrected chi connectivity index (χ0v) is 11.6. The standard InChI is InChI=1S/C12H11F4N3OS/c1-11(17,12(14,15)16)10-18-9(19-20-10)6-21-8-4-2-7(13)3-5-8/h2-5H,6,17H2,1H3. The van der Waals surface area contributed by atoms with Crippen molar-refractivity contribution >= 4 is 11.8 Å². The second-order valence-corrected chi connectivity index (χ2v) is 5.51. The van der Waals surface area contributed by atoms with E-state index in [9.17, 15) is 17.6 Å². The van der Waals surface area contributed by atoms with Crippen LogP contribution in [0.3, 0.4) is 0 Å². The van der Waals surface area contributed by atoms with Crippen LogP contribution in [0.5, 0.6) is 0 Å². The van der Waals surface area contributed by atoms with Crippen molar-refractivity contribution in [3.63, 3.8) is 0 Å². The smallest absolute Gasteiger partial charge is 0.337 e. The van der Waals surface area contributed by atoms with E-state index >= 15 is 0 Å². The third kappa shape index (κ3) is 3.53. The second-order valence-electron chi connectivity index (χ2n) is 4.46. The molecule has 0 radical (unpaired) electrons. The van der Waals surface area contributed by atoms with Gasteiger partial charge in [-0.1, -0.05) is 5.16 Å². The Bertz CT molecular complexity index is 610. The fourth-order valence-electron chi connectivity index (χ4n) is 1.32. The van der Waals surface area contributed by atoms with Crippen LogP contribution in [0, 0.1) is 5.82 Å². The van der Waals surface area contributed by atoms with Gasteiger partial charge in [0.15, 0.2) is 11.4 Å².